The Morgan fingerprint density at radius 3 is 2.89 bits per heavy atom. The first-order valence-electron chi connectivity index (χ1n) is 8.24. The lowest BCUT2D eigenvalue weighted by Gasteiger charge is -2.22. The normalized spacial score (nSPS) is 15.8. The summed E-state index contributed by atoms with van der Waals surface area (Å²) in [6.45, 7) is 0.989. The summed E-state index contributed by atoms with van der Waals surface area (Å²) in [4.78, 5) is 18.2. The van der Waals surface area contributed by atoms with E-state index in [4.69, 9.17) is 9.47 Å². The van der Waals surface area contributed by atoms with Crippen LogP contribution >= 0.6 is 0 Å². The molecule has 3 heterocycles. The van der Waals surface area contributed by atoms with Crippen LogP contribution in [-0.2, 0) is 17.9 Å². The lowest BCUT2D eigenvalue weighted by molar-refractivity contribution is -0.389. The summed E-state index contributed by atoms with van der Waals surface area (Å²) >= 11 is 0. The Balaban J connectivity index is 1.41. The van der Waals surface area contributed by atoms with Crippen molar-refractivity contribution in [2.45, 2.75) is 19.3 Å². The number of benzene rings is 1. The van der Waals surface area contributed by atoms with Gasteiger partial charge in [0.2, 0.25) is 0 Å². The molecule has 0 fully saturated rings. The summed E-state index contributed by atoms with van der Waals surface area (Å²) < 4.78 is 25.9. The van der Waals surface area contributed by atoms with Gasteiger partial charge in [-0.15, -0.1) is 0 Å². The van der Waals surface area contributed by atoms with Crippen LogP contribution in [-0.4, -0.2) is 32.2 Å². The number of pyridine rings is 1. The summed E-state index contributed by atoms with van der Waals surface area (Å²) in [5.41, 5.74) is 2.59. The predicted molar refractivity (Wildman–Crippen MR) is 92.6 cm³/mol. The Labute approximate surface area is 153 Å². The molecule has 0 radical (unpaired) electrons. The highest BCUT2D eigenvalue weighted by atomic mass is 19.1. The lowest BCUT2D eigenvalue weighted by atomic mass is 10.1. The van der Waals surface area contributed by atoms with Crippen molar-refractivity contribution in [3.8, 4) is 17.1 Å². The molecule has 27 heavy (non-hydrogen) atoms. The number of hydrogen-bond acceptors (Lipinski definition) is 6. The molecule has 9 heteroatoms. The van der Waals surface area contributed by atoms with E-state index in [2.05, 4.69) is 9.97 Å². The molecule has 0 N–H and O–H groups in total. The van der Waals surface area contributed by atoms with Gasteiger partial charge in [-0.2, -0.15) is 0 Å². The number of fused-ring (bicyclic) bond motifs is 1. The van der Waals surface area contributed by atoms with Crippen LogP contribution in [0.3, 0.4) is 0 Å². The van der Waals surface area contributed by atoms with Crippen molar-refractivity contribution in [2.75, 3.05) is 6.61 Å². The fraction of sp³-hybridized carbons (Fsp3) is 0.222. The Hall–Kier alpha value is -3.33. The van der Waals surface area contributed by atoms with Crippen molar-refractivity contribution in [2.24, 2.45) is 0 Å². The molecule has 4 rings (SSSR count). The fourth-order valence-corrected chi connectivity index (χ4v) is 2.84. The Bertz CT molecular complexity index is 974. The molecule has 0 spiro atoms. The molecule has 3 aromatic rings. The number of imidazole rings is 1. The molecule has 138 valence electrons. The first kappa shape index (κ1) is 17.1. The van der Waals surface area contributed by atoms with Gasteiger partial charge in [-0.1, -0.05) is 12.1 Å². The molecule has 1 atom stereocenters. The van der Waals surface area contributed by atoms with Gasteiger partial charge in [0.25, 0.3) is 0 Å². The van der Waals surface area contributed by atoms with E-state index in [0.29, 0.717) is 13.2 Å². The van der Waals surface area contributed by atoms with Gasteiger partial charge in [-0.05, 0) is 34.2 Å². The second kappa shape index (κ2) is 7.12. The second-order valence-corrected chi connectivity index (χ2v) is 6.12. The van der Waals surface area contributed by atoms with Gasteiger partial charge in [0.05, 0.1) is 13.2 Å². The number of ether oxygens (including phenoxy) is 2. The molecule has 2 aromatic heterocycles. The summed E-state index contributed by atoms with van der Waals surface area (Å²) in [5, 5.41) is 10.8. The topological polar surface area (TPSA) is 92.3 Å². The van der Waals surface area contributed by atoms with E-state index in [9.17, 15) is 14.5 Å². The highest BCUT2D eigenvalue weighted by Gasteiger charge is 2.28. The van der Waals surface area contributed by atoms with Crippen LogP contribution in [0.25, 0.3) is 11.1 Å². The maximum atomic E-state index is 13.1. The number of hydrogen-bond donors (Lipinski definition) is 0. The average Bonchev–Trinajstić information content (AvgIpc) is 3.11. The van der Waals surface area contributed by atoms with Gasteiger partial charge in [-0.3, -0.25) is 9.55 Å². The molecule has 1 aromatic carbocycles. The zero-order valence-electron chi connectivity index (χ0n) is 14.1. The van der Waals surface area contributed by atoms with Crippen molar-refractivity contribution in [3.05, 3.63) is 70.4 Å². The van der Waals surface area contributed by atoms with Crippen molar-refractivity contribution in [3.63, 3.8) is 0 Å². The van der Waals surface area contributed by atoms with Crippen LogP contribution in [0.5, 0.6) is 6.01 Å². The molecule has 0 unspecified atom stereocenters. The van der Waals surface area contributed by atoms with Crippen molar-refractivity contribution in [1.29, 1.82) is 0 Å². The Morgan fingerprint density at radius 2 is 2.11 bits per heavy atom. The number of halogens is 1. The summed E-state index contributed by atoms with van der Waals surface area (Å²) in [6, 6.07) is 8.34. The van der Waals surface area contributed by atoms with Crippen LogP contribution in [0.2, 0.25) is 0 Å². The van der Waals surface area contributed by atoms with Gasteiger partial charge in [0, 0.05) is 22.9 Å². The SMILES string of the molecule is O=[N+]([O-])c1cn2c(n1)OC[C@@H](OCc1cncc(-c3ccc(F)cc3)c1)C2. The third-order valence-corrected chi connectivity index (χ3v) is 4.17. The average molecular weight is 370 g/mol. The van der Waals surface area contributed by atoms with E-state index in [1.165, 1.54) is 18.3 Å². The van der Waals surface area contributed by atoms with Crippen LogP contribution in [0.4, 0.5) is 10.2 Å². The molecule has 1 aliphatic heterocycles. The molecule has 0 saturated carbocycles. The van der Waals surface area contributed by atoms with Crippen LogP contribution in [0, 0.1) is 15.9 Å². The number of rotatable bonds is 5. The first-order chi connectivity index (χ1) is 13.1. The highest BCUT2D eigenvalue weighted by Crippen LogP contribution is 2.24. The minimum absolute atomic E-state index is 0.224. The minimum atomic E-state index is -0.558. The monoisotopic (exact) mass is 370 g/mol. The zero-order chi connectivity index (χ0) is 18.8. The molecule has 0 bridgehead atoms. The molecule has 8 nitrogen and oxygen atoms in total. The predicted octanol–water partition coefficient (Wildman–Crippen LogP) is 2.97. The Morgan fingerprint density at radius 1 is 1.30 bits per heavy atom. The zero-order valence-corrected chi connectivity index (χ0v) is 14.1. The van der Waals surface area contributed by atoms with E-state index >= 15 is 0 Å². The van der Waals surface area contributed by atoms with Crippen LogP contribution in [0.1, 0.15) is 5.56 Å². The fourth-order valence-electron chi connectivity index (χ4n) is 2.84. The van der Waals surface area contributed by atoms with E-state index in [0.717, 1.165) is 16.7 Å². The molecular weight excluding hydrogens is 355 g/mol. The molecule has 1 aliphatic rings. The minimum Gasteiger partial charge on any atom is -0.443 e. The maximum Gasteiger partial charge on any atom is 0.414 e. The van der Waals surface area contributed by atoms with Crippen LogP contribution < -0.4 is 4.74 Å². The number of nitrogens with zero attached hydrogens (tertiary/aromatic N) is 4. The van der Waals surface area contributed by atoms with Crippen molar-refractivity contribution >= 4 is 5.82 Å². The molecule has 0 amide bonds. The summed E-state index contributed by atoms with van der Waals surface area (Å²) in [5.74, 6) is -0.538. The largest absolute Gasteiger partial charge is 0.443 e. The number of aromatic nitrogens is 3. The highest BCUT2D eigenvalue weighted by molar-refractivity contribution is 5.62. The molecule has 0 aliphatic carbocycles. The van der Waals surface area contributed by atoms with E-state index in [1.54, 1.807) is 29.1 Å². The van der Waals surface area contributed by atoms with Gasteiger partial charge in [-0.25, -0.2) is 4.39 Å². The smallest absolute Gasteiger partial charge is 0.414 e. The first-order valence-corrected chi connectivity index (χ1v) is 8.24. The van der Waals surface area contributed by atoms with Crippen LogP contribution in [0.15, 0.2) is 48.9 Å². The third kappa shape index (κ3) is 3.77. The Kier molecular flexibility index (Phi) is 4.51. The summed E-state index contributed by atoms with van der Waals surface area (Å²) in [6.07, 6.45) is 4.48. The summed E-state index contributed by atoms with van der Waals surface area (Å²) in [7, 11) is 0. The van der Waals surface area contributed by atoms with E-state index in [1.807, 2.05) is 6.07 Å². The maximum absolute atomic E-state index is 13.1. The van der Waals surface area contributed by atoms with Gasteiger partial charge in [0.15, 0.2) is 0 Å². The molecular formula is C18H15FN4O4. The molecule has 0 saturated heterocycles. The van der Waals surface area contributed by atoms with Gasteiger partial charge >= 0.3 is 11.8 Å². The second-order valence-electron chi connectivity index (χ2n) is 6.12. The van der Waals surface area contributed by atoms with Crippen molar-refractivity contribution < 1.29 is 18.8 Å². The lowest BCUT2D eigenvalue weighted by Crippen LogP contribution is -2.32. The van der Waals surface area contributed by atoms with Crippen molar-refractivity contribution in [1.82, 2.24) is 14.5 Å². The number of nitro groups is 1. The quantitative estimate of drug-likeness (QED) is 0.506. The van der Waals surface area contributed by atoms with Gasteiger partial charge in [0.1, 0.15) is 24.7 Å². The van der Waals surface area contributed by atoms with E-state index < -0.39 is 4.92 Å². The standard InChI is InChI=1S/C18H15FN4O4/c19-15-3-1-13(2-4-15)14-5-12(6-20-7-14)10-26-16-8-22-9-17(23(24)25)21-18(22)27-11-16/h1-7,9,16H,8,10-11H2/t16-/m0/s1. The third-order valence-electron chi connectivity index (χ3n) is 4.17. The van der Waals surface area contributed by atoms with Gasteiger partial charge < -0.3 is 19.6 Å². The van der Waals surface area contributed by atoms with E-state index in [-0.39, 0.29) is 30.4 Å².